The average Bonchev–Trinajstić information content (AvgIpc) is 2.69. The van der Waals surface area contributed by atoms with Gasteiger partial charge >= 0.3 is 0 Å². The smallest absolute Gasteiger partial charge is 0.107 e. The molecule has 2 rings (SSSR count). The van der Waals surface area contributed by atoms with Gasteiger partial charge in [-0.05, 0) is 24.1 Å². The second kappa shape index (κ2) is 17.1. The molecule has 1 heterocycles. The minimum atomic E-state index is 0.540. The first-order valence-corrected chi connectivity index (χ1v) is 9.57. The third-order valence-electron chi connectivity index (χ3n) is 3.80. The minimum absolute atomic E-state index is 0.540. The van der Waals surface area contributed by atoms with E-state index in [4.69, 9.17) is 9.78 Å². The summed E-state index contributed by atoms with van der Waals surface area (Å²) in [6.07, 6.45) is 14.0. The van der Waals surface area contributed by atoms with Crippen molar-refractivity contribution in [1.82, 2.24) is 4.98 Å². The number of pyridine rings is 1. The maximum absolute atomic E-state index is 5.18. The van der Waals surface area contributed by atoms with Crippen LogP contribution >= 0.6 is 0 Å². The molecule has 0 radical (unpaired) electrons. The molecule has 0 atom stereocenters. The van der Waals surface area contributed by atoms with Crippen molar-refractivity contribution in [3.63, 3.8) is 0 Å². The lowest BCUT2D eigenvalue weighted by molar-refractivity contribution is -0.304. The SMILES string of the molecule is CCCCCCCCCCOOCc1ccccc1.c1ccncc1. The highest BCUT2D eigenvalue weighted by Gasteiger charge is 1.94. The van der Waals surface area contributed by atoms with Crippen LogP contribution in [-0.4, -0.2) is 11.6 Å². The molecule has 2 aromatic rings. The highest BCUT2D eigenvalue weighted by atomic mass is 17.2. The monoisotopic (exact) mass is 343 g/mol. The Morgan fingerprint density at radius 1 is 0.680 bits per heavy atom. The first kappa shape index (κ1) is 21.3. The van der Waals surface area contributed by atoms with Gasteiger partial charge in [-0.15, -0.1) is 0 Å². The predicted molar refractivity (Wildman–Crippen MR) is 104 cm³/mol. The normalized spacial score (nSPS) is 10.1. The molecule has 0 fully saturated rings. The van der Waals surface area contributed by atoms with Crippen LogP contribution in [0.4, 0.5) is 0 Å². The van der Waals surface area contributed by atoms with E-state index in [0.29, 0.717) is 13.2 Å². The van der Waals surface area contributed by atoms with E-state index in [1.54, 1.807) is 12.4 Å². The molecule has 0 saturated heterocycles. The van der Waals surface area contributed by atoms with Gasteiger partial charge in [-0.2, -0.15) is 0 Å². The van der Waals surface area contributed by atoms with Crippen LogP contribution in [0.1, 0.15) is 63.9 Å². The third-order valence-corrected chi connectivity index (χ3v) is 3.80. The van der Waals surface area contributed by atoms with Gasteiger partial charge < -0.3 is 0 Å². The number of aromatic nitrogens is 1. The number of hydrogen-bond acceptors (Lipinski definition) is 3. The van der Waals surface area contributed by atoms with E-state index in [2.05, 4.69) is 11.9 Å². The maximum Gasteiger partial charge on any atom is 0.107 e. The van der Waals surface area contributed by atoms with Crippen molar-refractivity contribution in [3.05, 3.63) is 66.5 Å². The molecule has 0 bridgehead atoms. The zero-order valence-electron chi connectivity index (χ0n) is 15.6. The third kappa shape index (κ3) is 14.3. The molecule has 0 N–H and O–H groups in total. The van der Waals surface area contributed by atoms with E-state index >= 15 is 0 Å². The van der Waals surface area contributed by atoms with Crippen LogP contribution in [0.5, 0.6) is 0 Å². The van der Waals surface area contributed by atoms with Crippen molar-refractivity contribution < 1.29 is 9.78 Å². The molecular formula is C22H33NO2. The fourth-order valence-corrected chi connectivity index (χ4v) is 2.35. The number of nitrogens with zero attached hydrogens (tertiary/aromatic N) is 1. The summed E-state index contributed by atoms with van der Waals surface area (Å²) < 4.78 is 0. The lowest BCUT2D eigenvalue weighted by Crippen LogP contribution is -1.97. The van der Waals surface area contributed by atoms with Gasteiger partial charge in [-0.3, -0.25) is 4.98 Å². The Bertz CT molecular complexity index is 449. The lowest BCUT2D eigenvalue weighted by atomic mass is 10.1. The molecule has 1 aromatic carbocycles. The summed E-state index contributed by atoms with van der Waals surface area (Å²) in [5.41, 5.74) is 1.15. The largest absolute Gasteiger partial charge is 0.265 e. The topological polar surface area (TPSA) is 31.4 Å². The van der Waals surface area contributed by atoms with Crippen LogP contribution in [0.3, 0.4) is 0 Å². The van der Waals surface area contributed by atoms with Gasteiger partial charge in [0.2, 0.25) is 0 Å². The van der Waals surface area contributed by atoms with Crippen LogP contribution in [-0.2, 0) is 16.4 Å². The van der Waals surface area contributed by atoms with Crippen LogP contribution in [0, 0.1) is 0 Å². The summed E-state index contributed by atoms with van der Waals surface area (Å²) in [7, 11) is 0. The van der Waals surface area contributed by atoms with Gasteiger partial charge in [0.25, 0.3) is 0 Å². The summed E-state index contributed by atoms with van der Waals surface area (Å²) in [5, 5.41) is 0. The van der Waals surface area contributed by atoms with E-state index in [-0.39, 0.29) is 0 Å². The second-order valence-corrected chi connectivity index (χ2v) is 6.07. The molecule has 3 heteroatoms. The standard InChI is InChI=1S/C17H28O2.C5H5N/c1-2-3-4-5-6-7-8-12-15-18-19-16-17-13-10-9-11-14-17;1-2-4-6-5-3-1/h9-11,13-14H,2-8,12,15-16H2,1H3;1-5H. The molecule has 1 aromatic heterocycles. The number of unbranched alkanes of at least 4 members (excludes halogenated alkanes) is 7. The Hall–Kier alpha value is -1.71. The van der Waals surface area contributed by atoms with Crippen molar-refractivity contribution >= 4 is 0 Å². The van der Waals surface area contributed by atoms with Crippen molar-refractivity contribution in [1.29, 1.82) is 0 Å². The van der Waals surface area contributed by atoms with Crippen molar-refractivity contribution in [2.75, 3.05) is 6.61 Å². The number of hydrogen-bond donors (Lipinski definition) is 0. The first-order chi connectivity index (χ1) is 12.4. The lowest BCUT2D eigenvalue weighted by Gasteiger charge is -2.04. The maximum atomic E-state index is 5.18. The van der Waals surface area contributed by atoms with Crippen molar-refractivity contribution in [2.24, 2.45) is 0 Å². The van der Waals surface area contributed by atoms with Gasteiger partial charge in [0, 0.05) is 12.4 Å². The Morgan fingerprint density at radius 3 is 1.84 bits per heavy atom. The fourth-order valence-electron chi connectivity index (χ4n) is 2.35. The minimum Gasteiger partial charge on any atom is -0.265 e. The molecule has 0 aliphatic carbocycles. The van der Waals surface area contributed by atoms with Gasteiger partial charge in [-0.25, -0.2) is 9.78 Å². The van der Waals surface area contributed by atoms with E-state index in [1.807, 2.05) is 48.5 Å². The van der Waals surface area contributed by atoms with Crippen molar-refractivity contribution in [3.8, 4) is 0 Å². The van der Waals surface area contributed by atoms with Gasteiger partial charge in [-0.1, -0.05) is 88.3 Å². The molecule has 138 valence electrons. The highest BCUT2D eigenvalue weighted by Crippen LogP contribution is 2.08. The Kier molecular flexibility index (Phi) is 14.6. The second-order valence-electron chi connectivity index (χ2n) is 6.07. The summed E-state index contributed by atoms with van der Waals surface area (Å²) in [5.74, 6) is 0. The zero-order valence-corrected chi connectivity index (χ0v) is 15.6. The van der Waals surface area contributed by atoms with Crippen LogP contribution in [0.15, 0.2) is 60.9 Å². The van der Waals surface area contributed by atoms with Crippen LogP contribution in [0.2, 0.25) is 0 Å². The Labute approximate surface area is 153 Å². The number of benzene rings is 1. The predicted octanol–water partition coefficient (Wildman–Crippen LogP) is 6.36. The molecule has 25 heavy (non-hydrogen) atoms. The van der Waals surface area contributed by atoms with E-state index in [0.717, 1.165) is 12.0 Å². The average molecular weight is 344 g/mol. The Morgan fingerprint density at radius 2 is 1.28 bits per heavy atom. The van der Waals surface area contributed by atoms with Gasteiger partial charge in [0.15, 0.2) is 0 Å². The van der Waals surface area contributed by atoms with Crippen LogP contribution in [0.25, 0.3) is 0 Å². The number of rotatable bonds is 12. The van der Waals surface area contributed by atoms with E-state index < -0.39 is 0 Å². The molecule has 0 amide bonds. The molecule has 3 nitrogen and oxygen atoms in total. The summed E-state index contributed by atoms with van der Waals surface area (Å²) in [6, 6.07) is 15.8. The summed E-state index contributed by atoms with van der Waals surface area (Å²) in [6.45, 7) is 3.51. The van der Waals surface area contributed by atoms with Gasteiger partial charge in [0.1, 0.15) is 6.61 Å². The van der Waals surface area contributed by atoms with Crippen molar-refractivity contribution in [2.45, 2.75) is 64.9 Å². The van der Waals surface area contributed by atoms with E-state index in [1.165, 1.54) is 44.9 Å². The quantitative estimate of drug-likeness (QED) is 0.255. The van der Waals surface area contributed by atoms with Gasteiger partial charge in [0.05, 0.1) is 6.61 Å². The zero-order chi connectivity index (χ0) is 17.8. The summed E-state index contributed by atoms with van der Waals surface area (Å²) >= 11 is 0. The van der Waals surface area contributed by atoms with E-state index in [9.17, 15) is 0 Å². The molecule has 0 unspecified atom stereocenters. The Balaban J connectivity index is 0.000000435. The summed E-state index contributed by atoms with van der Waals surface area (Å²) in [4.78, 5) is 14.1. The fraction of sp³-hybridized carbons (Fsp3) is 0.500. The highest BCUT2D eigenvalue weighted by molar-refractivity contribution is 5.13. The molecule has 0 aliphatic heterocycles. The molecule has 0 aliphatic rings. The first-order valence-electron chi connectivity index (χ1n) is 9.57. The molecule has 0 spiro atoms. The molecular weight excluding hydrogens is 310 g/mol. The molecule has 0 saturated carbocycles. The van der Waals surface area contributed by atoms with Crippen LogP contribution < -0.4 is 0 Å².